The standard InChI is InChI=1S/C58H40N2S/c1-3-12-41(13-4-1)42-22-24-43(25-23-42)44-26-32-49(33-27-44)59(48-16-5-2-6-17-48)50-34-28-45(29-35-50)46-30-36-51(37-31-46)60(56-20-11-15-47-14-7-8-18-53(47)56)52-38-39-58-55(40-52)54-19-9-10-21-57(54)61-58/h1-40H. The largest absolute Gasteiger partial charge is 0.311 e. The van der Waals surface area contributed by atoms with E-state index in [1.807, 2.05) is 11.3 Å². The lowest BCUT2D eigenvalue weighted by Crippen LogP contribution is -2.10. The Kier molecular flexibility index (Phi) is 9.42. The van der Waals surface area contributed by atoms with Crippen molar-refractivity contribution in [2.24, 2.45) is 0 Å². The molecular weight excluding hydrogens is 757 g/mol. The summed E-state index contributed by atoms with van der Waals surface area (Å²) in [7, 11) is 0. The average Bonchev–Trinajstić information content (AvgIpc) is 3.71. The highest BCUT2D eigenvalue weighted by molar-refractivity contribution is 7.25. The van der Waals surface area contributed by atoms with Crippen molar-refractivity contribution in [2.45, 2.75) is 0 Å². The Hall–Kier alpha value is -7.72. The molecule has 0 fully saturated rings. The molecule has 0 atom stereocenters. The molecule has 10 aromatic carbocycles. The van der Waals surface area contributed by atoms with Crippen LogP contribution in [-0.2, 0) is 0 Å². The molecule has 1 aromatic heterocycles. The van der Waals surface area contributed by atoms with E-state index >= 15 is 0 Å². The van der Waals surface area contributed by atoms with Crippen molar-refractivity contribution in [3.63, 3.8) is 0 Å². The highest BCUT2D eigenvalue weighted by atomic mass is 32.1. The van der Waals surface area contributed by atoms with E-state index in [1.54, 1.807) is 0 Å². The molecule has 0 amide bonds. The zero-order valence-corrected chi connectivity index (χ0v) is 34.2. The summed E-state index contributed by atoms with van der Waals surface area (Å²) < 4.78 is 2.61. The molecule has 0 radical (unpaired) electrons. The molecule has 0 N–H and O–H groups in total. The Bertz CT molecular complexity index is 3260. The second-order valence-electron chi connectivity index (χ2n) is 15.4. The van der Waals surface area contributed by atoms with Crippen LogP contribution in [0.15, 0.2) is 243 Å². The van der Waals surface area contributed by atoms with Gasteiger partial charge in [-0.25, -0.2) is 0 Å². The molecule has 0 spiro atoms. The number of benzene rings is 10. The van der Waals surface area contributed by atoms with Gasteiger partial charge in [0, 0.05) is 54.0 Å². The van der Waals surface area contributed by atoms with Crippen LogP contribution in [0.5, 0.6) is 0 Å². The smallest absolute Gasteiger partial charge is 0.0540 e. The van der Waals surface area contributed by atoms with Crippen molar-refractivity contribution < 1.29 is 0 Å². The number of para-hydroxylation sites is 1. The number of anilines is 6. The summed E-state index contributed by atoms with van der Waals surface area (Å²) in [6.45, 7) is 0. The van der Waals surface area contributed by atoms with Gasteiger partial charge in [-0.2, -0.15) is 0 Å². The molecule has 3 heteroatoms. The zero-order chi connectivity index (χ0) is 40.5. The normalized spacial score (nSPS) is 11.3. The molecule has 11 aromatic rings. The van der Waals surface area contributed by atoms with Crippen LogP contribution >= 0.6 is 11.3 Å². The van der Waals surface area contributed by atoms with E-state index in [1.165, 1.54) is 64.3 Å². The summed E-state index contributed by atoms with van der Waals surface area (Å²) in [5.74, 6) is 0. The highest BCUT2D eigenvalue weighted by Crippen LogP contribution is 2.43. The minimum atomic E-state index is 1.10. The SMILES string of the molecule is c1ccc(-c2ccc(-c3ccc(N(c4ccccc4)c4ccc(-c5ccc(N(c6ccc7sc8ccccc8c7c6)c6cccc7ccccc67)cc5)cc4)cc3)cc2)cc1. The molecule has 61 heavy (non-hydrogen) atoms. The van der Waals surface area contributed by atoms with E-state index in [2.05, 4.69) is 252 Å². The Labute approximate surface area is 360 Å². The second-order valence-corrected chi connectivity index (χ2v) is 16.5. The van der Waals surface area contributed by atoms with Crippen molar-refractivity contribution in [1.82, 2.24) is 0 Å². The monoisotopic (exact) mass is 796 g/mol. The third-order valence-corrected chi connectivity index (χ3v) is 12.8. The number of nitrogens with zero attached hydrogens (tertiary/aromatic N) is 2. The fourth-order valence-corrected chi connectivity index (χ4v) is 9.69. The summed E-state index contributed by atoms with van der Waals surface area (Å²) in [4.78, 5) is 4.73. The van der Waals surface area contributed by atoms with Gasteiger partial charge in [-0.05, 0) is 118 Å². The van der Waals surface area contributed by atoms with Crippen LogP contribution in [-0.4, -0.2) is 0 Å². The Morgan fingerprint density at radius 1 is 0.246 bits per heavy atom. The van der Waals surface area contributed by atoms with Crippen molar-refractivity contribution >= 4 is 76.4 Å². The van der Waals surface area contributed by atoms with E-state index < -0.39 is 0 Å². The van der Waals surface area contributed by atoms with Crippen molar-refractivity contribution in [3.8, 4) is 33.4 Å². The van der Waals surface area contributed by atoms with Crippen molar-refractivity contribution in [3.05, 3.63) is 243 Å². The third kappa shape index (κ3) is 7.01. The van der Waals surface area contributed by atoms with E-state index in [-0.39, 0.29) is 0 Å². The van der Waals surface area contributed by atoms with E-state index in [0.717, 1.165) is 34.1 Å². The molecule has 0 aliphatic heterocycles. The first-order valence-electron chi connectivity index (χ1n) is 20.7. The second kappa shape index (κ2) is 15.8. The van der Waals surface area contributed by atoms with Gasteiger partial charge in [-0.15, -0.1) is 11.3 Å². The fourth-order valence-electron chi connectivity index (χ4n) is 8.60. The van der Waals surface area contributed by atoms with Crippen LogP contribution in [0.4, 0.5) is 34.1 Å². The lowest BCUT2D eigenvalue weighted by molar-refractivity contribution is 1.28. The van der Waals surface area contributed by atoms with Crippen LogP contribution in [0, 0.1) is 0 Å². The maximum absolute atomic E-state index is 2.41. The molecule has 0 saturated carbocycles. The van der Waals surface area contributed by atoms with Gasteiger partial charge in [0.15, 0.2) is 0 Å². The van der Waals surface area contributed by atoms with E-state index in [0.29, 0.717) is 0 Å². The van der Waals surface area contributed by atoms with Crippen molar-refractivity contribution in [2.75, 3.05) is 9.80 Å². The molecular formula is C58H40N2S. The summed E-state index contributed by atoms with van der Waals surface area (Å²) >= 11 is 1.85. The number of fused-ring (bicyclic) bond motifs is 4. The Balaban J connectivity index is 0.909. The third-order valence-electron chi connectivity index (χ3n) is 11.7. The molecule has 11 rings (SSSR count). The number of rotatable bonds is 9. The first-order valence-corrected chi connectivity index (χ1v) is 21.6. The first-order chi connectivity index (χ1) is 30.2. The van der Waals surface area contributed by atoms with Crippen LogP contribution < -0.4 is 9.80 Å². The van der Waals surface area contributed by atoms with Gasteiger partial charge in [-0.3, -0.25) is 0 Å². The van der Waals surface area contributed by atoms with Crippen molar-refractivity contribution in [1.29, 1.82) is 0 Å². The van der Waals surface area contributed by atoms with Gasteiger partial charge >= 0.3 is 0 Å². The Morgan fingerprint density at radius 2 is 0.656 bits per heavy atom. The van der Waals surface area contributed by atoms with Gasteiger partial charge in [-0.1, -0.05) is 164 Å². The van der Waals surface area contributed by atoms with Gasteiger partial charge in [0.25, 0.3) is 0 Å². The van der Waals surface area contributed by atoms with Crippen LogP contribution in [0.2, 0.25) is 0 Å². The molecule has 0 unspecified atom stereocenters. The summed E-state index contributed by atoms with van der Waals surface area (Å²) in [5.41, 5.74) is 13.9. The number of thiophene rings is 1. The van der Waals surface area contributed by atoms with E-state index in [4.69, 9.17) is 0 Å². The highest BCUT2D eigenvalue weighted by Gasteiger charge is 2.18. The zero-order valence-electron chi connectivity index (χ0n) is 33.4. The summed E-state index contributed by atoms with van der Waals surface area (Å²) in [6.07, 6.45) is 0. The molecule has 0 bridgehead atoms. The van der Waals surface area contributed by atoms with Crippen LogP contribution in [0.25, 0.3) is 64.3 Å². The minimum Gasteiger partial charge on any atom is -0.311 e. The van der Waals surface area contributed by atoms with Gasteiger partial charge in [0.05, 0.1) is 5.69 Å². The average molecular weight is 797 g/mol. The summed E-state index contributed by atoms with van der Waals surface area (Å²) in [6, 6.07) is 87.7. The van der Waals surface area contributed by atoms with Crippen LogP contribution in [0.1, 0.15) is 0 Å². The maximum atomic E-state index is 2.41. The maximum Gasteiger partial charge on any atom is 0.0540 e. The molecule has 0 saturated heterocycles. The summed E-state index contributed by atoms with van der Waals surface area (Å²) in [5, 5.41) is 5.02. The minimum absolute atomic E-state index is 1.10. The van der Waals surface area contributed by atoms with Crippen LogP contribution in [0.3, 0.4) is 0 Å². The fraction of sp³-hybridized carbons (Fsp3) is 0. The van der Waals surface area contributed by atoms with Gasteiger partial charge in [0.1, 0.15) is 0 Å². The van der Waals surface area contributed by atoms with Gasteiger partial charge in [0.2, 0.25) is 0 Å². The molecule has 0 aliphatic carbocycles. The number of hydrogen-bond donors (Lipinski definition) is 0. The van der Waals surface area contributed by atoms with Gasteiger partial charge < -0.3 is 9.80 Å². The lowest BCUT2D eigenvalue weighted by atomic mass is 10.00. The molecule has 1 heterocycles. The Morgan fingerprint density at radius 3 is 1.26 bits per heavy atom. The lowest BCUT2D eigenvalue weighted by Gasteiger charge is -2.27. The quantitative estimate of drug-likeness (QED) is 0.144. The molecule has 288 valence electrons. The molecule has 0 aliphatic rings. The molecule has 2 nitrogen and oxygen atoms in total. The predicted molar refractivity (Wildman–Crippen MR) is 263 cm³/mol. The van der Waals surface area contributed by atoms with E-state index in [9.17, 15) is 0 Å². The predicted octanol–water partition coefficient (Wildman–Crippen LogP) is 17.1. The number of hydrogen-bond acceptors (Lipinski definition) is 3. The topological polar surface area (TPSA) is 6.48 Å². The first kappa shape index (κ1) is 36.4.